The zero-order valence-corrected chi connectivity index (χ0v) is 31.2. The molecule has 0 saturated heterocycles. The summed E-state index contributed by atoms with van der Waals surface area (Å²) in [4.78, 5) is 15.4. The fraction of sp³-hybridized carbons (Fsp3) is 0.192. The van der Waals surface area contributed by atoms with Crippen LogP contribution in [-0.2, 0) is 10.8 Å². The van der Waals surface area contributed by atoms with Gasteiger partial charge in [0.05, 0.1) is 11.6 Å². The number of hydrogen-bond donors (Lipinski definition) is 0. The fourth-order valence-electron chi connectivity index (χ4n) is 11.1. The van der Waals surface area contributed by atoms with Gasteiger partial charge in [0.2, 0.25) is 0 Å². The average Bonchev–Trinajstić information content (AvgIpc) is 3.25. The minimum Gasteiger partial charge on any atom is -0.208 e. The molecule has 0 spiro atoms. The van der Waals surface area contributed by atoms with Gasteiger partial charge in [-0.1, -0.05) is 133 Å². The van der Waals surface area contributed by atoms with Crippen molar-refractivity contribution in [3.8, 4) is 51.4 Å². The summed E-state index contributed by atoms with van der Waals surface area (Å²) in [5.74, 6) is 3.57. The molecule has 4 heteroatoms. The molecule has 4 nitrogen and oxygen atoms in total. The van der Waals surface area contributed by atoms with E-state index in [4.69, 9.17) is 15.0 Å². The van der Waals surface area contributed by atoms with Gasteiger partial charge in [0.15, 0.2) is 17.5 Å². The molecule has 4 fully saturated rings. The topological polar surface area (TPSA) is 62.5 Å². The normalized spacial score (nSPS) is 22.3. The van der Waals surface area contributed by atoms with Crippen molar-refractivity contribution in [2.45, 2.75) is 49.4 Å². The molecule has 4 saturated carbocycles. The molecule has 0 amide bonds. The first-order valence-electron chi connectivity index (χ1n) is 20.0. The highest BCUT2D eigenvalue weighted by atomic mass is 15.0. The lowest BCUT2D eigenvalue weighted by Crippen LogP contribution is -2.55. The lowest BCUT2D eigenvalue weighted by molar-refractivity contribution is -0.0281. The molecule has 268 valence electrons. The van der Waals surface area contributed by atoms with Crippen LogP contribution in [0.5, 0.6) is 0 Å². The summed E-state index contributed by atoms with van der Waals surface area (Å²) >= 11 is 0. The lowest BCUT2D eigenvalue weighted by atomic mass is 9.41. The first-order chi connectivity index (χ1) is 27.5. The Kier molecular flexibility index (Phi) is 7.54. The number of nitrogens with zero attached hydrogens (tertiary/aromatic N) is 4. The van der Waals surface area contributed by atoms with Gasteiger partial charge >= 0.3 is 0 Å². The largest absolute Gasteiger partial charge is 0.208 e. The van der Waals surface area contributed by atoms with Crippen molar-refractivity contribution < 1.29 is 0 Å². The average molecular weight is 721 g/mol. The highest BCUT2D eigenvalue weighted by molar-refractivity contribution is 5.88. The summed E-state index contributed by atoms with van der Waals surface area (Å²) in [6, 6.07) is 58.7. The third-order valence-corrected chi connectivity index (χ3v) is 13.3. The Morgan fingerprint density at radius 3 is 1.29 bits per heavy atom. The predicted octanol–water partition coefficient (Wildman–Crippen LogP) is 12.5. The van der Waals surface area contributed by atoms with Gasteiger partial charge in [0.1, 0.15) is 0 Å². The van der Waals surface area contributed by atoms with Crippen molar-refractivity contribution in [2.75, 3.05) is 0 Å². The van der Waals surface area contributed by atoms with Crippen molar-refractivity contribution in [1.29, 1.82) is 5.26 Å². The summed E-state index contributed by atoms with van der Waals surface area (Å²) in [6.45, 7) is 0. The SMILES string of the molecule is N#Cc1ccc(-c2ccc(C34CC5CC(C3)CC(c3ccc(-c6nc(-c7ccc8ccccc8c7)nc(-c7ccc8ccccc8c7)n6)cc3)(C5)C4)cc2)cc1. The zero-order valence-electron chi connectivity index (χ0n) is 31.2. The van der Waals surface area contributed by atoms with Gasteiger partial charge in [-0.05, 0) is 129 Å². The number of nitriles is 1. The van der Waals surface area contributed by atoms with Gasteiger partial charge in [0, 0.05) is 16.7 Å². The van der Waals surface area contributed by atoms with Crippen molar-refractivity contribution in [3.05, 3.63) is 174 Å². The van der Waals surface area contributed by atoms with E-state index in [1.807, 2.05) is 12.1 Å². The first kappa shape index (κ1) is 32.9. The van der Waals surface area contributed by atoms with Crippen LogP contribution in [0.25, 0.3) is 66.8 Å². The van der Waals surface area contributed by atoms with E-state index in [-0.39, 0.29) is 10.8 Å². The van der Waals surface area contributed by atoms with E-state index < -0.39 is 0 Å². The molecule has 56 heavy (non-hydrogen) atoms. The molecule has 0 aliphatic heterocycles. The Labute approximate surface area is 327 Å². The number of aromatic nitrogens is 3. The molecule has 2 atom stereocenters. The minimum absolute atomic E-state index is 0.181. The van der Waals surface area contributed by atoms with Crippen LogP contribution < -0.4 is 0 Å². The fourth-order valence-corrected chi connectivity index (χ4v) is 11.1. The second kappa shape index (κ2) is 12.8. The standard InChI is InChI=1S/C52H40N4/c53-32-34-9-11-39(12-10-34)40-17-21-46(22-18-40)51-28-35-25-36(29-51)31-52(30-35,33-51)47-23-19-41(20-24-47)48-54-49(44-15-13-37-5-1-3-7-42(37)26-44)56-50(55-48)45-16-14-38-6-2-4-8-43(38)27-45/h1-24,26-27,35-36H,25,28-31,33H2. The van der Waals surface area contributed by atoms with Gasteiger partial charge < -0.3 is 0 Å². The molecular formula is C52H40N4. The van der Waals surface area contributed by atoms with E-state index >= 15 is 0 Å². The molecule has 8 aromatic rings. The summed E-state index contributed by atoms with van der Waals surface area (Å²) in [6.07, 6.45) is 7.70. The molecule has 12 rings (SSSR count). The number of hydrogen-bond acceptors (Lipinski definition) is 4. The van der Waals surface area contributed by atoms with Crippen molar-refractivity contribution >= 4 is 21.5 Å². The number of fused-ring (bicyclic) bond motifs is 2. The van der Waals surface area contributed by atoms with Gasteiger partial charge in [-0.2, -0.15) is 5.26 Å². The Hall–Kier alpha value is -6.44. The van der Waals surface area contributed by atoms with Crippen molar-refractivity contribution in [3.63, 3.8) is 0 Å². The van der Waals surface area contributed by atoms with Crippen LogP contribution in [0.1, 0.15) is 55.2 Å². The second-order valence-electron chi connectivity index (χ2n) is 16.8. The van der Waals surface area contributed by atoms with Crippen LogP contribution in [0, 0.1) is 23.2 Å². The molecule has 7 aromatic carbocycles. The molecular weight excluding hydrogens is 681 g/mol. The van der Waals surface area contributed by atoms with E-state index in [2.05, 4.69) is 152 Å². The summed E-state index contributed by atoms with van der Waals surface area (Å²) in [5, 5.41) is 14.0. The molecule has 1 heterocycles. The Balaban J connectivity index is 0.944. The molecule has 0 radical (unpaired) electrons. The quantitative estimate of drug-likeness (QED) is 0.172. The molecule has 1 aromatic heterocycles. The maximum atomic E-state index is 9.25. The van der Waals surface area contributed by atoms with Gasteiger partial charge in [-0.25, -0.2) is 15.0 Å². The molecule has 4 bridgehead atoms. The van der Waals surface area contributed by atoms with E-state index in [9.17, 15) is 5.26 Å². The van der Waals surface area contributed by atoms with Crippen LogP contribution in [0.2, 0.25) is 0 Å². The van der Waals surface area contributed by atoms with Crippen molar-refractivity contribution in [2.24, 2.45) is 11.8 Å². The number of rotatable bonds is 6. The van der Waals surface area contributed by atoms with Gasteiger partial charge in [0.25, 0.3) is 0 Å². The van der Waals surface area contributed by atoms with Gasteiger partial charge in [-0.3, -0.25) is 0 Å². The minimum atomic E-state index is 0.181. The first-order valence-corrected chi connectivity index (χ1v) is 20.0. The third kappa shape index (κ3) is 5.61. The van der Waals surface area contributed by atoms with E-state index in [0.717, 1.165) is 34.1 Å². The molecule has 0 N–H and O–H groups in total. The highest BCUT2D eigenvalue weighted by Crippen LogP contribution is 2.66. The van der Waals surface area contributed by atoms with E-state index in [1.165, 1.54) is 76.8 Å². The summed E-state index contributed by atoms with van der Waals surface area (Å²) in [7, 11) is 0. The van der Waals surface area contributed by atoms with E-state index in [1.54, 1.807) is 0 Å². The Bertz CT molecular complexity index is 2720. The Morgan fingerprint density at radius 1 is 0.429 bits per heavy atom. The van der Waals surface area contributed by atoms with E-state index in [0.29, 0.717) is 23.0 Å². The van der Waals surface area contributed by atoms with Crippen LogP contribution in [-0.4, -0.2) is 15.0 Å². The number of benzene rings is 7. The summed E-state index contributed by atoms with van der Waals surface area (Å²) < 4.78 is 0. The highest BCUT2D eigenvalue weighted by Gasteiger charge is 2.58. The smallest absolute Gasteiger partial charge is 0.164 e. The van der Waals surface area contributed by atoms with Crippen LogP contribution >= 0.6 is 0 Å². The monoisotopic (exact) mass is 720 g/mol. The van der Waals surface area contributed by atoms with Gasteiger partial charge in [-0.15, -0.1) is 0 Å². The van der Waals surface area contributed by atoms with Crippen LogP contribution in [0.15, 0.2) is 158 Å². The molecule has 2 unspecified atom stereocenters. The second-order valence-corrected chi connectivity index (χ2v) is 16.8. The van der Waals surface area contributed by atoms with Crippen LogP contribution in [0.4, 0.5) is 0 Å². The Morgan fingerprint density at radius 2 is 0.821 bits per heavy atom. The molecule has 4 aliphatic rings. The lowest BCUT2D eigenvalue weighted by Gasteiger charge is -2.63. The van der Waals surface area contributed by atoms with Crippen molar-refractivity contribution in [1.82, 2.24) is 15.0 Å². The maximum absolute atomic E-state index is 9.25. The zero-order chi connectivity index (χ0) is 37.3. The molecule has 4 aliphatic carbocycles. The predicted molar refractivity (Wildman–Crippen MR) is 226 cm³/mol. The van der Waals surface area contributed by atoms with Crippen LogP contribution in [0.3, 0.4) is 0 Å². The third-order valence-electron chi connectivity index (χ3n) is 13.3. The maximum Gasteiger partial charge on any atom is 0.164 e. The summed E-state index contributed by atoms with van der Waals surface area (Å²) in [5.41, 5.74) is 9.39.